The molecular formula is C12H24N2O2S. The van der Waals surface area contributed by atoms with Crippen LogP contribution in [-0.2, 0) is 9.84 Å². The summed E-state index contributed by atoms with van der Waals surface area (Å²) in [5.41, 5.74) is 0. The molecule has 1 saturated carbocycles. The van der Waals surface area contributed by atoms with E-state index in [9.17, 15) is 8.42 Å². The van der Waals surface area contributed by atoms with Crippen molar-refractivity contribution >= 4 is 9.84 Å². The van der Waals surface area contributed by atoms with Crippen LogP contribution in [0.1, 0.15) is 32.1 Å². The fraction of sp³-hybridized carbons (Fsp3) is 1.00. The van der Waals surface area contributed by atoms with Crippen LogP contribution in [0.15, 0.2) is 0 Å². The minimum absolute atomic E-state index is 0.326. The van der Waals surface area contributed by atoms with E-state index in [1.165, 1.54) is 31.9 Å². The second-order valence-corrected chi connectivity index (χ2v) is 7.76. The van der Waals surface area contributed by atoms with Crippen molar-refractivity contribution in [2.24, 2.45) is 0 Å². The zero-order valence-corrected chi connectivity index (χ0v) is 11.5. The Balaban J connectivity index is 1.66. The lowest BCUT2D eigenvalue weighted by molar-refractivity contribution is 0.248. The van der Waals surface area contributed by atoms with E-state index >= 15 is 0 Å². The van der Waals surface area contributed by atoms with Gasteiger partial charge in [0, 0.05) is 24.9 Å². The lowest BCUT2D eigenvalue weighted by atomic mass is 10.2. The van der Waals surface area contributed by atoms with Crippen LogP contribution in [0.4, 0.5) is 0 Å². The van der Waals surface area contributed by atoms with Gasteiger partial charge in [-0.2, -0.15) is 0 Å². The summed E-state index contributed by atoms with van der Waals surface area (Å²) in [6.07, 6.45) is 7.29. The Hall–Kier alpha value is -0.130. The molecule has 0 spiro atoms. The molecule has 5 heteroatoms. The quantitative estimate of drug-likeness (QED) is 0.730. The summed E-state index contributed by atoms with van der Waals surface area (Å²) in [4.78, 5) is 2.46. The lowest BCUT2D eigenvalue weighted by Crippen LogP contribution is -2.39. The number of rotatable bonds is 7. The van der Waals surface area contributed by atoms with E-state index in [2.05, 4.69) is 10.2 Å². The van der Waals surface area contributed by atoms with E-state index in [0.29, 0.717) is 11.8 Å². The molecule has 1 unspecified atom stereocenters. The Labute approximate surface area is 105 Å². The molecule has 0 aromatic carbocycles. The molecule has 2 rings (SSSR count). The summed E-state index contributed by atoms with van der Waals surface area (Å²) in [7, 11) is -2.79. The highest BCUT2D eigenvalue weighted by Gasteiger charge is 2.27. The molecule has 0 amide bonds. The predicted molar refractivity (Wildman–Crippen MR) is 69.9 cm³/mol. The van der Waals surface area contributed by atoms with Crippen LogP contribution in [0.5, 0.6) is 0 Å². The number of nitrogens with one attached hydrogen (secondary N) is 1. The summed E-state index contributed by atoms with van der Waals surface area (Å²) < 4.78 is 22.2. The summed E-state index contributed by atoms with van der Waals surface area (Å²) >= 11 is 0. The average molecular weight is 260 g/mol. The predicted octanol–water partition coefficient (Wildman–Crippen LogP) is 0.638. The maximum atomic E-state index is 11.1. The van der Waals surface area contributed by atoms with Gasteiger partial charge in [-0.25, -0.2) is 8.42 Å². The standard InChI is InChI=1S/C12H24N2O2S/c1-17(15,16)9-3-8-14-7-2-4-12(14)10-13-11-5-6-11/h11-13H,2-10H2,1H3. The maximum Gasteiger partial charge on any atom is 0.147 e. The summed E-state index contributed by atoms with van der Waals surface area (Å²) in [6.45, 7) is 3.16. The normalized spacial score (nSPS) is 26.5. The molecule has 100 valence electrons. The second-order valence-electron chi connectivity index (χ2n) is 5.50. The van der Waals surface area contributed by atoms with E-state index in [-0.39, 0.29) is 0 Å². The highest BCUT2D eigenvalue weighted by atomic mass is 32.2. The lowest BCUT2D eigenvalue weighted by Gasteiger charge is -2.24. The molecular weight excluding hydrogens is 236 g/mol. The van der Waals surface area contributed by atoms with E-state index in [1.54, 1.807) is 0 Å². The number of hydrogen-bond acceptors (Lipinski definition) is 4. The highest BCUT2D eigenvalue weighted by Crippen LogP contribution is 2.21. The Kier molecular flexibility index (Phi) is 4.44. The molecule has 1 aliphatic carbocycles. The zero-order chi connectivity index (χ0) is 12.3. The Morgan fingerprint density at radius 1 is 1.29 bits per heavy atom. The van der Waals surface area contributed by atoms with E-state index in [0.717, 1.165) is 32.1 Å². The third-order valence-corrected chi connectivity index (χ3v) is 4.71. The monoisotopic (exact) mass is 260 g/mol. The second kappa shape index (κ2) is 5.67. The summed E-state index contributed by atoms with van der Waals surface area (Å²) in [6, 6.07) is 1.41. The molecule has 0 radical (unpaired) electrons. The van der Waals surface area contributed by atoms with E-state index in [4.69, 9.17) is 0 Å². The first-order chi connectivity index (χ1) is 8.04. The van der Waals surface area contributed by atoms with Crippen molar-refractivity contribution in [3.63, 3.8) is 0 Å². The van der Waals surface area contributed by atoms with Crippen LogP contribution >= 0.6 is 0 Å². The van der Waals surface area contributed by atoms with Gasteiger partial charge in [0.05, 0.1) is 5.75 Å². The van der Waals surface area contributed by atoms with Crippen LogP contribution in [0, 0.1) is 0 Å². The van der Waals surface area contributed by atoms with Gasteiger partial charge in [0.15, 0.2) is 0 Å². The maximum absolute atomic E-state index is 11.1. The van der Waals surface area contributed by atoms with Crippen molar-refractivity contribution in [1.29, 1.82) is 0 Å². The number of nitrogens with zero attached hydrogens (tertiary/aromatic N) is 1. The van der Waals surface area contributed by atoms with Crippen molar-refractivity contribution < 1.29 is 8.42 Å². The largest absolute Gasteiger partial charge is 0.312 e. The Morgan fingerprint density at radius 2 is 2.06 bits per heavy atom. The van der Waals surface area contributed by atoms with Gasteiger partial charge in [-0.15, -0.1) is 0 Å². The number of likely N-dealkylation sites (tertiary alicyclic amines) is 1. The molecule has 0 aromatic rings. The van der Waals surface area contributed by atoms with E-state index < -0.39 is 9.84 Å². The molecule has 0 bridgehead atoms. The molecule has 1 saturated heterocycles. The zero-order valence-electron chi connectivity index (χ0n) is 10.7. The number of sulfone groups is 1. The van der Waals surface area contributed by atoms with Crippen LogP contribution in [-0.4, -0.2) is 57.0 Å². The van der Waals surface area contributed by atoms with Crippen LogP contribution in [0.2, 0.25) is 0 Å². The van der Waals surface area contributed by atoms with Crippen LogP contribution in [0.25, 0.3) is 0 Å². The fourth-order valence-corrected chi connectivity index (χ4v) is 3.19. The molecule has 1 N–H and O–H groups in total. The Morgan fingerprint density at radius 3 is 2.71 bits per heavy atom. The Bertz CT molecular complexity index is 338. The highest BCUT2D eigenvalue weighted by molar-refractivity contribution is 7.90. The SMILES string of the molecule is CS(=O)(=O)CCCN1CCCC1CNC1CC1. The molecule has 2 fully saturated rings. The first kappa shape index (κ1) is 13.3. The van der Waals surface area contributed by atoms with Crippen molar-refractivity contribution in [2.75, 3.05) is 31.6 Å². The summed E-state index contributed by atoms with van der Waals surface area (Å²) in [5, 5.41) is 3.58. The number of hydrogen-bond donors (Lipinski definition) is 1. The van der Waals surface area contributed by atoms with Gasteiger partial charge in [0.1, 0.15) is 9.84 Å². The minimum atomic E-state index is -2.79. The molecule has 1 heterocycles. The third kappa shape index (κ3) is 4.94. The van der Waals surface area contributed by atoms with Gasteiger partial charge >= 0.3 is 0 Å². The van der Waals surface area contributed by atoms with Gasteiger partial charge in [-0.05, 0) is 45.2 Å². The molecule has 0 aromatic heterocycles. The van der Waals surface area contributed by atoms with Gasteiger partial charge in [0.25, 0.3) is 0 Å². The van der Waals surface area contributed by atoms with Gasteiger partial charge in [-0.1, -0.05) is 0 Å². The van der Waals surface area contributed by atoms with Crippen molar-refractivity contribution in [2.45, 2.75) is 44.2 Å². The first-order valence-corrected chi connectivity index (χ1v) is 8.76. The molecule has 1 aliphatic heterocycles. The molecule has 4 nitrogen and oxygen atoms in total. The topological polar surface area (TPSA) is 49.4 Å². The molecule has 17 heavy (non-hydrogen) atoms. The third-order valence-electron chi connectivity index (χ3n) is 3.68. The molecule has 2 aliphatic rings. The fourth-order valence-electron chi connectivity index (χ4n) is 2.54. The van der Waals surface area contributed by atoms with Gasteiger partial charge in [-0.3, -0.25) is 4.90 Å². The van der Waals surface area contributed by atoms with Gasteiger partial charge in [0.2, 0.25) is 0 Å². The summed E-state index contributed by atoms with van der Waals surface area (Å²) in [5.74, 6) is 0.326. The van der Waals surface area contributed by atoms with Crippen molar-refractivity contribution in [3.05, 3.63) is 0 Å². The smallest absolute Gasteiger partial charge is 0.147 e. The van der Waals surface area contributed by atoms with Gasteiger partial charge < -0.3 is 5.32 Å². The van der Waals surface area contributed by atoms with Crippen LogP contribution < -0.4 is 5.32 Å². The molecule has 1 atom stereocenters. The first-order valence-electron chi connectivity index (χ1n) is 6.70. The minimum Gasteiger partial charge on any atom is -0.312 e. The van der Waals surface area contributed by atoms with Crippen LogP contribution in [0.3, 0.4) is 0 Å². The van der Waals surface area contributed by atoms with E-state index in [1.807, 2.05) is 0 Å². The van der Waals surface area contributed by atoms with Crippen molar-refractivity contribution in [1.82, 2.24) is 10.2 Å². The van der Waals surface area contributed by atoms with Crippen molar-refractivity contribution in [3.8, 4) is 0 Å². The average Bonchev–Trinajstić information content (AvgIpc) is 2.95.